The van der Waals surface area contributed by atoms with Gasteiger partial charge < -0.3 is 0 Å². The number of allylic oxidation sites excluding steroid dienone is 1. The zero-order valence-electron chi connectivity index (χ0n) is 17.8. The van der Waals surface area contributed by atoms with Gasteiger partial charge in [0.2, 0.25) is 0 Å². The van der Waals surface area contributed by atoms with Gasteiger partial charge in [-0.3, -0.25) is 0 Å². The summed E-state index contributed by atoms with van der Waals surface area (Å²) in [4.78, 5) is 0. The molecule has 0 amide bonds. The van der Waals surface area contributed by atoms with Gasteiger partial charge in [0, 0.05) is 11.1 Å². The Hall–Kier alpha value is -2.81. The Bertz CT molecular complexity index is 1070. The molecule has 1 aliphatic rings. The van der Waals surface area contributed by atoms with Crippen LogP contribution in [0.2, 0.25) is 0 Å². The van der Waals surface area contributed by atoms with Crippen molar-refractivity contribution in [3.05, 3.63) is 95.8 Å². The third-order valence-electron chi connectivity index (χ3n) is 6.51. The highest BCUT2D eigenvalue weighted by Crippen LogP contribution is 2.37. The van der Waals surface area contributed by atoms with Crippen LogP contribution in [0.1, 0.15) is 49.7 Å². The maximum atomic E-state index is 14.9. The minimum atomic E-state index is -0.871. The number of hydrogen-bond donors (Lipinski definition) is 0. The van der Waals surface area contributed by atoms with Crippen LogP contribution in [0.5, 0.6) is 0 Å². The molecule has 0 atom stereocenters. The van der Waals surface area contributed by atoms with Crippen LogP contribution in [0.15, 0.2) is 67.3 Å². The minimum absolute atomic E-state index is 0.194. The molecule has 0 N–H and O–H groups in total. The molecular weight excluding hydrogens is 393 g/mol. The average Bonchev–Trinajstić information content (AvgIpc) is 2.78. The molecule has 1 fully saturated rings. The van der Waals surface area contributed by atoms with Crippen molar-refractivity contribution in [1.82, 2.24) is 0 Å². The fourth-order valence-electron chi connectivity index (χ4n) is 4.57. The van der Waals surface area contributed by atoms with E-state index in [-0.39, 0.29) is 23.4 Å². The lowest BCUT2D eigenvalue weighted by atomic mass is 9.79. The van der Waals surface area contributed by atoms with Crippen LogP contribution in [0.3, 0.4) is 0 Å². The van der Waals surface area contributed by atoms with E-state index >= 15 is 0 Å². The lowest BCUT2D eigenvalue weighted by Crippen LogP contribution is -2.11. The Morgan fingerprint density at radius 3 is 2.03 bits per heavy atom. The molecule has 0 saturated heterocycles. The normalized spacial score (nSPS) is 18.7. The predicted molar refractivity (Wildman–Crippen MR) is 121 cm³/mol. The van der Waals surface area contributed by atoms with Crippen LogP contribution >= 0.6 is 0 Å². The zero-order chi connectivity index (χ0) is 22.0. The van der Waals surface area contributed by atoms with Gasteiger partial charge in [-0.2, -0.15) is 0 Å². The molecule has 31 heavy (non-hydrogen) atoms. The van der Waals surface area contributed by atoms with E-state index in [1.54, 1.807) is 48.5 Å². The smallest absolute Gasteiger partial charge is 0.166 e. The number of hydrogen-bond acceptors (Lipinski definition) is 0. The van der Waals surface area contributed by atoms with Gasteiger partial charge in [0.05, 0.1) is 0 Å². The van der Waals surface area contributed by atoms with E-state index in [1.807, 2.05) is 12.1 Å². The first-order valence-electron chi connectivity index (χ1n) is 11.0. The molecule has 0 heterocycles. The summed E-state index contributed by atoms with van der Waals surface area (Å²) in [5, 5.41) is 0. The molecule has 3 heteroatoms. The topological polar surface area (TPSA) is 0 Å². The third kappa shape index (κ3) is 4.46. The van der Waals surface area contributed by atoms with Crippen molar-refractivity contribution >= 4 is 0 Å². The minimum Gasteiger partial charge on any atom is -0.206 e. The van der Waals surface area contributed by atoms with E-state index in [1.165, 1.54) is 12.8 Å². The van der Waals surface area contributed by atoms with Crippen molar-refractivity contribution in [3.8, 4) is 22.3 Å². The monoisotopic (exact) mass is 420 g/mol. The van der Waals surface area contributed by atoms with Crippen LogP contribution in [0.25, 0.3) is 22.3 Å². The molecule has 1 saturated carbocycles. The number of rotatable bonds is 5. The zero-order valence-corrected chi connectivity index (χ0v) is 17.8. The summed E-state index contributed by atoms with van der Waals surface area (Å²) in [7, 11) is 0. The van der Waals surface area contributed by atoms with Crippen LogP contribution in [-0.2, 0) is 6.42 Å². The summed E-state index contributed by atoms with van der Waals surface area (Å²) in [6.07, 6.45) is 6.44. The van der Waals surface area contributed by atoms with E-state index in [4.69, 9.17) is 0 Å². The van der Waals surface area contributed by atoms with E-state index in [2.05, 4.69) is 13.5 Å². The van der Waals surface area contributed by atoms with Crippen molar-refractivity contribution in [2.75, 3.05) is 0 Å². The summed E-state index contributed by atoms with van der Waals surface area (Å²) in [5.74, 6) is -0.765. The number of halogens is 3. The van der Waals surface area contributed by atoms with Crippen LogP contribution < -0.4 is 0 Å². The summed E-state index contributed by atoms with van der Waals surface area (Å²) in [6, 6.07) is 15.6. The SMILES string of the molecule is C=CCc1ccc(-c2ccc(-c3ccc(C4CCC(C)CC4)cc3F)cc2)c(F)c1F. The molecule has 0 radical (unpaired) electrons. The standard InChI is InChI=1S/C28H27F3/c1-3-4-22-13-16-25(28(31)27(22)30)21-11-9-20(10-12-21)24-15-14-23(17-26(24)29)19-7-5-18(2)6-8-19/h3,9-19H,1,4-8H2,2H3. The molecule has 0 aliphatic heterocycles. The highest BCUT2D eigenvalue weighted by molar-refractivity contribution is 5.71. The quantitative estimate of drug-likeness (QED) is 0.363. The molecule has 3 aromatic carbocycles. The Labute approximate surface area is 182 Å². The molecule has 0 nitrogen and oxygen atoms in total. The van der Waals surface area contributed by atoms with E-state index < -0.39 is 11.6 Å². The third-order valence-corrected chi connectivity index (χ3v) is 6.51. The van der Waals surface area contributed by atoms with Gasteiger partial charge in [-0.05, 0) is 59.4 Å². The Morgan fingerprint density at radius 2 is 1.42 bits per heavy atom. The van der Waals surface area contributed by atoms with Gasteiger partial charge in [0.15, 0.2) is 11.6 Å². The molecule has 160 valence electrons. The first-order valence-corrected chi connectivity index (χ1v) is 11.0. The van der Waals surface area contributed by atoms with E-state index in [0.29, 0.717) is 22.6 Å². The van der Waals surface area contributed by atoms with Gasteiger partial charge in [0.25, 0.3) is 0 Å². The van der Waals surface area contributed by atoms with Crippen molar-refractivity contribution < 1.29 is 13.2 Å². The Morgan fingerprint density at radius 1 is 0.806 bits per heavy atom. The first kappa shape index (κ1) is 21.4. The molecule has 3 aromatic rings. The Kier molecular flexibility index (Phi) is 6.31. The average molecular weight is 421 g/mol. The van der Waals surface area contributed by atoms with E-state index in [9.17, 15) is 13.2 Å². The van der Waals surface area contributed by atoms with Crippen LogP contribution in [0.4, 0.5) is 13.2 Å². The molecule has 4 rings (SSSR count). The van der Waals surface area contributed by atoms with Crippen molar-refractivity contribution in [2.45, 2.75) is 44.9 Å². The van der Waals surface area contributed by atoms with Gasteiger partial charge in [-0.1, -0.05) is 74.4 Å². The second-order valence-electron chi connectivity index (χ2n) is 8.67. The highest BCUT2D eigenvalue weighted by Gasteiger charge is 2.21. The first-order chi connectivity index (χ1) is 15.0. The van der Waals surface area contributed by atoms with Gasteiger partial charge in [-0.15, -0.1) is 6.58 Å². The second kappa shape index (κ2) is 9.13. The molecular formula is C28H27F3. The summed E-state index contributed by atoms with van der Waals surface area (Å²) >= 11 is 0. The fourth-order valence-corrected chi connectivity index (χ4v) is 4.57. The Balaban J connectivity index is 1.57. The molecule has 0 aromatic heterocycles. The number of benzene rings is 3. The molecule has 1 aliphatic carbocycles. The second-order valence-corrected chi connectivity index (χ2v) is 8.67. The summed E-state index contributed by atoms with van der Waals surface area (Å²) in [5.41, 5.74) is 3.34. The molecule has 0 spiro atoms. The fraction of sp³-hybridized carbons (Fsp3) is 0.286. The van der Waals surface area contributed by atoms with Crippen LogP contribution in [-0.4, -0.2) is 0 Å². The highest BCUT2D eigenvalue weighted by atomic mass is 19.2. The maximum absolute atomic E-state index is 14.9. The summed E-state index contributed by atoms with van der Waals surface area (Å²) in [6.45, 7) is 5.85. The lowest BCUT2D eigenvalue weighted by Gasteiger charge is -2.26. The van der Waals surface area contributed by atoms with Gasteiger partial charge >= 0.3 is 0 Å². The van der Waals surface area contributed by atoms with Gasteiger partial charge in [0.1, 0.15) is 5.82 Å². The van der Waals surface area contributed by atoms with Crippen molar-refractivity contribution in [3.63, 3.8) is 0 Å². The van der Waals surface area contributed by atoms with Gasteiger partial charge in [-0.25, -0.2) is 13.2 Å². The lowest BCUT2D eigenvalue weighted by molar-refractivity contribution is 0.347. The largest absolute Gasteiger partial charge is 0.206 e. The molecule has 0 bridgehead atoms. The van der Waals surface area contributed by atoms with Crippen molar-refractivity contribution in [2.24, 2.45) is 5.92 Å². The van der Waals surface area contributed by atoms with Crippen molar-refractivity contribution in [1.29, 1.82) is 0 Å². The summed E-state index contributed by atoms with van der Waals surface area (Å²) < 4.78 is 43.7. The predicted octanol–water partition coefficient (Wildman–Crippen LogP) is 8.46. The van der Waals surface area contributed by atoms with E-state index in [0.717, 1.165) is 24.3 Å². The molecule has 0 unspecified atom stereocenters. The van der Waals surface area contributed by atoms with Crippen LogP contribution in [0, 0.1) is 23.4 Å². The maximum Gasteiger partial charge on any atom is 0.166 e.